The van der Waals surface area contributed by atoms with Crippen LogP contribution in [-0.4, -0.2) is 27.8 Å². The third-order valence-electron chi connectivity index (χ3n) is 8.17. The summed E-state index contributed by atoms with van der Waals surface area (Å²) in [5, 5.41) is 4.90. The number of nitrogens with one attached hydrogen (secondary N) is 1. The largest absolute Gasteiger partial charge is 0.324 e. The van der Waals surface area contributed by atoms with Crippen LogP contribution in [0.5, 0.6) is 0 Å². The van der Waals surface area contributed by atoms with Gasteiger partial charge in [0.05, 0.1) is 22.4 Å². The molecule has 1 N–H and O–H groups in total. The molecule has 2 amide bonds. The van der Waals surface area contributed by atoms with E-state index >= 15 is 0 Å². The molecule has 1 aliphatic rings. The standard InChI is InChI=1S/C21H20N2O.C13H12N2O.C8H10/c1-15-5-2-6-16(13-15)10-11-18-14-20(24)23(18)19-9-3-7-17-8-4-12-22-21(17)19;1-2-5-12(16)15-11-8-3-6-10-7-4-9-14-13(10)11;1-7-4-3-5-8(2)6-7/h2-9,12-13,18H,10-11,14H2,1H3;2-4,6-9H,1,5H2,(H,15,16);3-6H,1-2H3. The molecule has 6 nitrogen and oxygen atoms in total. The van der Waals surface area contributed by atoms with Crippen LogP contribution < -0.4 is 10.2 Å². The van der Waals surface area contributed by atoms with Gasteiger partial charge in [-0.05, 0) is 63.4 Å². The van der Waals surface area contributed by atoms with Gasteiger partial charge in [0.25, 0.3) is 0 Å². The van der Waals surface area contributed by atoms with Crippen LogP contribution in [0.25, 0.3) is 21.8 Å². The first-order valence-electron chi connectivity index (χ1n) is 16.3. The van der Waals surface area contributed by atoms with E-state index in [1.54, 1.807) is 18.5 Å². The molecule has 7 rings (SSSR count). The number of nitrogens with zero attached hydrogens (tertiary/aromatic N) is 3. The highest BCUT2D eigenvalue weighted by Crippen LogP contribution is 2.34. The minimum absolute atomic E-state index is 0.0758. The third-order valence-corrected chi connectivity index (χ3v) is 8.17. The van der Waals surface area contributed by atoms with Gasteiger partial charge < -0.3 is 10.2 Å². The van der Waals surface area contributed by atoms with E-state index in [9.17, 15) is 9.59 Å². The van der Waals surface area contributed by atoms with E-state index in [0.717, 1.165) is 46.0 Å². The van der Waals surface area contributed by atoms with Crippen molar-refractivity contribution in [2.75, 3.05) is 10.2 Å². The first-order valence-corrected chi connectivity index (χ1v) is 16.3. The number of para-hydroxylation sites is 2. The lowest BCUT2D eigenvalue weighted by Gasteiger charge is -2.41. The van der Waals surface area contributed by atoms with Crippen molar-refractivity contribution in [3.05, 3.63) is 156 Å². The fourth-order valence-corrected chi connectivity index (χ4v) is 5.87. The van der Waals surface area contributed by atoms with E-state index < -0.39 is 0 Å². The molecular formula is C42H42N4O2. The number of rotatable bonds is 7. The number of pyridine rings is 2. The van der Waals surface area contributed by atoms with Gasteiger partial charge in [-0.25, -0.2) is 0 Å². The van der Waals surface area contributed by atoms with Crippen molar-refractivity contribution < 1.29 is 9.59 Å². The minimum atomic E-state index is -0.0758. The van der Waals surface area contributed by atoms with Gasteiger partial charge in [-0.2, -0.15) is 0 Å². The van der Waals surface area contributed by atoms with Crippen LogP contribution in [0.1, 0.15) is 41.5 Å². The molecule has 242 valence electrons. The number of hydrogen-bond donors (Lipinski definition) is 1. The quantitative estimate of drug-likeness (QED) is 0.140. The lowest BCUT2D eigenvalue weighted by atomic mass is 9.93. The summed E-state index contributed by atoms with van der Waals surface area (Å²) >= 11 is 0. The molecule has 1 fully saturated rings. The predicted octanol–water partition coefficient (Wildman–Crippen LogP) is 9.33. The maximum absolute atomic E-state index is 12.2. The van der Waals surface area contributed by atoms with E-state index in [-0.39, 0.29) is 17.9 Å². The summed E-state index contributed by atoms with van der Waals surface area (Å²) in [6.07, 6.45) is 8.00. The second kappa shape index (κ2) is 16.3. The molecule has 0 bridgehead atoms. The Morgan fingerprint density at radius 1 is 0.792 bits per heavy atom. The Labute approximate surface area is 283 Å². The van der Waals surface area contributed by atoms with Crippen LogP contribution in [0, 0.1) is 20.8 Å². The van der Waals surface area contributed by atoms with Gasteiger partial charge in [0.1, 0.15) is 0 Å². The minimum Gasteiger partial charge on any atom is -0.324 e. The Kier molecular flexibility index (Phi) is 11.4. The number of fused-ring (bicyclic) bond motifs is 2. The second-order valence-corrected chi connectivity index (χ2v) is 12.1. The van der Waals surface area contributed by atoms with Gasteiger partial charge in [-0.1, -0.05) is 108 Å². The number of carbonyl (C=O) groups excluding carboxylic acids is 2. The number of β-lactam (4-membered cyclic amide) rings is 1. The molecule has 1 unspecified atom stereocenters. The Morgan fingerprint density at radius 2 is 1.38 bits per heavy atom. The summed E-state index contributed by atoms with van der Waals surface area (Å²) in [5.74, 6) is 0.121. The summed E-state index contributed by atoms with van der Waals surface area (Å²) < 4.78 is 0. The first kappa shape index (κ1) is 33.7. The Bertz CT molecular complexity index is 2010. The van der Waals surface area contributed by atoms with Crippen LogP contribution >= 0.6 is 0 Å². The van der Waals surface area contributed by atoms with Crippen molar-refractivity contribution in [2.45, 2.75) is 52.5 Å². The van der Waals surface area contributed by atoms with Crippen molar-refractivity contribution in [3.63, 3.8) is 0 Å². The molecule has 0 saturated carbocycles. The number of aromatic nitrogens is 2. The van der Waals surface area contributed by atoms with Crippen molar-refractivity contribution in [2.24, 2.45) is 0 Å². The molecular weight excluding hydrogens is 592 g/mol. The first-order chi connectivity index (χ1) is 23.3. The fourth-order valence-electron chi connectivity index (χ4n) is 5.87. The molecule has 6 heteroatoms. The zero-order chi connectivity index (χ0) is 33.9. The van der Waals surface area contributed by atoms with Gasteiger partial charge in [0.15, 0.2) is 0 Å². The summed E-state index contributed by atoms with van der Waals surface area (Å²) in [4.78, 5) is 34.4. The van der Waals surface area contributed by atoms with Crippen LogP contribution in [0.4, 0.5) is 11.4 Å². The summed E-state index contributed by atoms with van der Waals surface area (Å²) in [5.41, 5.74) is 8.70. The molecule has 1 atom stereocenters. The van der Waals surface area contributed by atoms with Crippen LogP contribution in [-0.2, 0) is 16.0 Å². The molecule has 0 radical (unpaired) electrons. The molecule has 2 aromatic heterocycles. The fraction of sp³-hybridized carbons (Fsp3) is 0.190. The van der Waals surface area contributed by atoms with Gasteiger partial charge in [0, 0.05) is 42.0 Å². The van der Waals surface area contributed by atoms with Crippen LogP contribution in [0.2, 0.25) is 0 Å². The number of amides is 2. The number of aryl methyl sites for hydroxylation is 4. The maximum Gasteiger partial charge on any atom is 0.229 e. The molecule has 4 aromatic carbocycles. The van der Waals surface area contributed by atoms with E-state index in [0.29, 0.717) is 12.8 Å². The Morgan fingerprint density at radius 3 is 2.00 bits per heavy atom. The molecule has 3 heterocycles. The van der Waals surface area contributed by atoms with E-state index in [1.165, 1.54) is 22.3 Å². The second-order valence-electron chi connectivity index (χ2n) is 12.1. The van der Waals surface area contributed by atoms with Crippen molar-refractivity contribution in [3.8, 4) is 0 Å². The monoisotopic (exact) mass is 634 g/mol. The maximum atomic E-state index is 12.2. The van der Waals surface area contributed by atoms with Gasteiger partial charge in [0.2, 0.25) is 11.8 Å². The zero-order valence-electron chi connectivity index (χ0n) is 27.9. The third kappa shape index (κ3) is 8.80. The van der Waals surface area contributed by atoms with E-state index in [4.69, 9.17) is 0 Å². The van der Waals surface area contributed by atoms with Crippen LogP contribution in [0.3, 0.4) is 0 Å². The van der Waals surface area contributed by atoms with Crippen molar-refractivity contribution >= 4 is 45.0 Å². The van der Waals surface area contributed by atoms with Gasteiger partial charge >= 0.3 is 0 Å². The average molecular weight is 635 g/mol. The SMILES string of the molecule is C=CCC(=O)Nc1cccc2cccnc12.Cc1cccc(C)c1.Cc1cccc(CCC2CC(=O)N2c2cccc3cccnc23)c1. The molecule has 6 aromatic rings. The smallest absolute Gasteiger partial charge is 0.229 e. The van der Waals surface area contributed by atoms with Gasteiger partial charge in [-0.3, -0.25) is 19.6 Å². The number of carbonyl (C=O) groups is 2. The average Bonchev–Trinajstić information content (AvgIpc) is 3.07. The molecule has 1 saturated heterocycles. The molecule has 48 heavy (non-hydrogen) atoms. The normalized spacial score (nSPS) is 13.4. The van der Waals surface area contributed by atoms with Crippen LogP contribution in [0.15, 0.2) is 134 Å². The van der Waals surface area contributed by atoms with E-state index in [2.05, 4.69) is 91.2 Å². The van der Waals surface area contributed by atoms with Gasteiger partial charge in [-0.15, -0.1) is 6.58 Å². The van der Waals surface area contributed by atoms with Crippen molar-refractivity contribution in [1.82, 2.24) is 9.97 Å². The topological polar surface area (TPSA) is 75.2 Å². The summed E-state index contributed by atoms with van der Waals surface area (Å²) in [6, 6.07) is 36.9. The van der Waals surface area contributed by atoms with Crippen molar-refractivity contribution in [1.29, 1.82) is 0 Å². The number of hydrogen-bond acceptors (Lipinski definition) is 4. The highest BCUT2D eigenvalue weighted by molar-refractivity contribution is 6.07. The zero-order valence-corrected chi connectivity index (χ0v) is 27.9. The Balaban J connectivity index is 0.000000161. The molecule has 0 aliphatic carbocycles. The predicted molar refractivity (Wildman–Crippen MR) is 198 cm³/mol. The number of benzene rings is 4. The number of anilines is 2. The lowest BCUT2D eigenvalue weighted by Crippen LogP contribution is -2.53. The van der Waals surface area contributed by atoms with E-state index in [1.807, 2.05) is 65.6 Å². The highest BCUT2D eigenvalue weighted by Gasteiger charge is 2.37. The molecule has 0 spiro atoms. The lowest BCUT2D eigenvalue weighted by molar-refractivity contribution is -0.124. The molecule has 1 aliphatic heterocycles. The highest BCUT2D eigenvalue weighted by atomic mass is 16.2. The summed E-state index contributed by atoms with van der Waals surface area (Å²) in [6.45, 7) is 9.85. The Hall–Kier alpha value is -5.62. The summed E-state index contributed by atoms with van der Waals surface area (Å²) in [7, 11) is 0.